The average Bonchev–Trinajstić information content (AvgIpc) is 2.70. The van der Waals surface area contributed by atoms with E-state index in [1.54, 1.807) is 0 Å². The van der Waals surface area contributed by atoms with Crippen LogP contribution in [0, 0.1) is 6.92 Å². The number of para-hydroxylation sites is 1. The Labute approximate surface area is 170 Å². The van der Waals surface area contributed by atoms with Crippen molar-refractivity contribution in [1.29, 1.82) is 0 Å². The van der Waals surface area contributed by atoms with Gasteiger partial charge < -0.3 is 14.7 Å². The average molecular weight is 397 g/mol. The molecule has 6 nitrogen and oxygen atoms in total. The van der Waals surface area contributed by atoms with Gasteiger partial charge in [0.15, 0.2) is 5.82 Å². The number of halogens is 1. The van der Waals surface area contributed by atoms with E-state index in [1.165, 1.54) is 0 Å². The van der Waals surface area contributed by atoms with Gasteiger partial charge in [0.25, 0.3) is 0 Å². The molecule has 0 bridgehead atoms. The molecule has 1 fully saturated rings. The van der Waals surface area contributed by atoms with Crippen LogP contribution in [0.25, 0.3) is 10.9 Å². The first-order valence-electron chi connectivity index (χ1n) is 9.54. The molecule has 0 spiro atoms. The Morgan fingerprint density at radius 3 is 2.61 bits per heavy atom. The lowest BCUT2D eigenvalue weighted by Gasteiger charge is -2.34. The summed E-state index contributed by atoms with van der Waals surface area (Å²) < 4.78 is 0. The lowest BCUT2D eigenvalue weighted by atomic mass is 10.1. The zero-order valence-corrected chi connectivity index (χ0v) is 17.3. The predicted molar refractivity (Wildman–Crippen MR) is 115 cm³/mol. The molecule has 3 aromatic rings. The molecule has 0 aliphatic carbocycles. The maximum absolute atomic E-state index is 6.78. The minimum Gasteiger partial charge on any atom is -0.367 e. The Kier molecular flexibility index (Phi) is 5.33. The van der Waals surface area contributed by atoms with Crippen LogP contribution in [0.4, 0.5) is 11.5 Å². The minimum absolute atomic E-state index is 0.596. The second kappa shape index (κ2) is 7.89. The van der Waals surface area contributed by atoms with Crippen LogP contribution in [0.1, 0.15) is 11.5 Å². The molecule has 0 radical (unpaired) electrons. The van der Waals surface area contributed by atoms with E-state index in [-0.39, 0.29) is 0 Å². The number of benzene rings is 1. The maximum atomic E-state index is 6.78. The number of aryl methyl sites for hydroxylation is 1. The predicted octanol–water partition coefficient (Wildman–Crippen LogP) is 3.37. The number of pyridine rings is 1. The highest BCUT2D eigenvalue weighted by Gasteiger charge is 2.22. The molecule has 1 saturated heterocycles. The van der Waals surface area contributed by atoms with E-state index in [2.05, 4.69) is 61.0 Å². The van der Waals surface area contributed by atoms with Gasteiger partial charge >= 0.3 is 0 Å². The van der Waals surface area contributed by atoms with Gasteiger partial charge in [0.2, 0.25) is 0 Å². The summed E-state index contributed by atoms with van der Waals surface area (Å²) in [4.78, 5) is 20.6. The standard InChI is InChI=1S/C21H25ClN6/c1-15-24-17(19(22)21(25-15)28-12-10-26(2)11-13-28)14-27(3)18-8-4-6-16-7-5-9-23-20(16)18/h4-9H,10-14H2,1-3H3. The van der Waals surface area contributed by atoms with Crippen LogP contribution in [0.5, 0.6) is 0 Å². The number of fused-ring (bicyclic) bond motifs is 1. The van der Waals surface area contributed by atoms with Gasteiger partial charge in [-0.25, -0.2) is 9.97 Å². The summed E-state index contributed by atoms with van der Waals surface area (Å²) in [5.41, 5.74) is 2.89. The maximum Gasteiger partial charge on any atom is 0.151 e. The summed E-state index contributed by atoms with van der Waals surface area (Å²) in [7, 11) is 4.19. The minimum atomic E-state index is 0.596. The van der Waals surface area contributed by atoms with E-state index in [9.17, 15) is 0 Å². The molecule has 146 valence electrons. The van der Waals surface area contributed by atoms with Crippen LogP contribution < -0.4 is 9.80 Å². The monoisotopic (exact) mass is 396 g/mol. The molecule has 28 heavy (non-hydrogen) atoms. The lowest BCUT2D eigenvalue weighted by Crippen LogP contribution is -2.45. The highest BCUT2D eigenvalue weighted by atomic mass is 35.5. The van der Waals surface area contributed by atoms with Gasteiger partial charge in [0, 0.05) is 44.8 Å². The van der Waals surface area contributed by atoms with Crippen molar-refractivity contribution in [3.63, 3.8) is 0 Å². The van der Waals surface area contributed by atoms with Gasteiger partial charge in [-0.2, -0.15) is 0 Å². The Morgan fingerprint density at radius 2 is 1.82 bits per heavy atom. The van der Waals surface area contributed by atoms with Gasteiger partial charge in [-0.05, 0) is 26.1 Å². The van der Waals surface area contributed by atoms with Crippen LogP contribution >= 0.6 is 11.6 Å². The first-order valence-corrected chi connectivity index (χ1v) is 9.92. The van der Waals surface area contributed by atoms with Crippen molar-refractivity contribution in [2.45, 2.75) is 13.5 Å². The molecule has 4 rings (SSSR count). The van der Waals surface area contributed by atoms with Crippen molar-refractivity contribution in [2.24, 2.45) is 0 Å². The zero-order chi connectivity index (χ0) is 19.7. The third-order valence-electron chi connectivity index (χ3n) is 5.23. The van der Waals surface area contributed by atoms with Crippen LogP contribution in [-0.4, -0.2) is 60.1 Å². The molecule has 1 aliphatic rings. The van der Waals surface area contributed by atoms with E-state index in [0.717, 1.165) is 60.1 Å². The number of hydrogen-bond acceptors (Lipinski definition) is 6. The molecule has 1 aromatic carbocycles. The normalized spacial score (nSPS) is 15.2. The van der Waals surface area contributed by atoms with Gasteiger partial charge in [-0.3, -0.25) is 4.98 Å². The Morgan fingerprint density at radius 1 is 1.07 bits per heavy atom. The van der Waals surface area contributed by atoms with Crippen LogP contribution in [0.15, 0.2) is 36.5 Å². The number of piperazine rings is 1. The van der Waals surface area contributed by atoms with E-state index in [4.69, 9.17) is 11.6 Å². The molecule has 0 amide bonds. The highest BCUT2D eigenvalue weighted by molar-refractivity contribution is 6.33. The summed E-state index contributed by atoms with van der Waals surface area (Å²) in [5, 5.41) is 1.77. The fourth-order valence-electron chi connectivity index (χ4n) is 3.64. The Bertz CT molecular complexity index is 979. The fourth-order valence-corrected chi connectivity index (χ4v) is 3.90. The third kappa shape index (κ3) is 3.75. The summed E-state index contributed by atoms with van der Waals surface area (Å²) in [6.07, 6.45) is 1.83. The number of rotatable bonds is 4. The number of likely N-dealkylation sites (N-methyl/N-ethyl adjacent to an activating group) is 1. The molecule has 3 heterocycles. The lowest BCUT2D eigenvalue weighted by molar-refractivity contribution is 0.312. The molecule has 0 saturated carbocycles. The second-order valence-corrected chi connectivity index (χ2v) is 7.73. The fraction of sp³-hybridized carbons (Fsp3) is 0.381. The van der Waals surface area contributed by atoms with Crippen molar-refractivity contribution >= 4 is 34.0 Å². The van der Waals surface area contributed by atoms with Crippen molar-refractivity contribution in [3.05, 3.63) is 53.1 Å². The van der Waals surface area contributed by atoms with E-state index >= 15 is 0 Å². The van der Waals surface area contributed by atoms with Gasteiger partial charge in [0.05, 0.1) is 23.4 Å². The van der Waals surface area contributed by atoms with E-state index in [1.807, 2.05) is 26.2 Å². The van der Waals surface area contributed by atoms with E-state index < -0.39 is 0 Å². The summed E-state index contributed by atoms with van der Waals surface area (Å²) in [6.45, 7) is 6.40. The van der Waals surface area contributed by atoms with Crippen molar-refractivity contribution in [1.82, 2.24) is 19.9 Å². The van der Waals surface area contributed by atoms with Crippen LogP contribution in [0.3, 0.4) is 0 Å². The second-order valence-electron chi connectivity index (χ2n) is 7.35. The van der Waals surface area contributed by atoms with Gasteiger partial charge in [0.1, 0.15) is 10.8 Å². The third-order valence-corrected chi connectivity index (χ3v) is 5.61. The highest BCUT2D eigenvalue weighted by Crippen LogP contribution is 2.30. The SMILES string of the molecule is Cc1nc(CN(C)c2cccc3cccnc23)c(Cl)c(N2CCN(C)CC2)n1. The first-order chi connectivity index (χ1) is 13.5. The summed E-state index contributed by atoms with van der Waals surface area (Å²) >= 11 is 6.78. The van der Waals surface area contributed by atoms with Crippen molar-refractivity contribution < 1.29 is 0 Å². The van der Waals surface area contributed by atoms with Crippen molar-refractivity contribution in [3.8, 4) is 0 Å². The number of aromatic nitrogens is 3. The molecular formula is C21H25ClN6. The van der Waals surface area contributed by atoms with Crippen LogP contribution in [-0.2, 0) is 6.54 Å². The smallest absolute Gasteiger partial charge is 0.151 e. The molecule has 0 atom stereocenters. The topological polar surface area (TPSA) is 48.4 Å². The van der Waals surface area contributed by atoms with E-state index in [0.29, 0.717) is 11.6 Å². The molecule has 0 unspecified atom stereocenters. The van der Waals surface area contributed by atoms with Gasteiger partial charge in [-0.1, -0.05) is 29.8 Å². The Hall–Kier alpha value is -2.44. The largest absolute Gasteiger partial charge is 0.367 e. The summed E-state index contributed by atoms with van der Waals surface area (Å²) in [6, 6.07) is 10.2. The van der Waals surface area contributed by atoms with Crippen molar-refractivity contribution in [2.75, 3.05) is 50.1 Å². The molecule has 2 aromatic heterocycles. The van der Waals surface area contributed by atoms with Crippen LogP contribution in [0.2, 0.25) is 5.02 Å². The number of nitrogens with zero attached hydrogens (tertiary/aromatic N) is 6. The zero-order valence-electron chi connectivity index (χ0n) is 16.6. The van der Waals surface area contributed by atoms with Gasteiger partial charge in [-0.15, -0.1) is 0 Å². The number of hydrogen-bond donors (Lipinski definition) is 0. The molecule has 7 heteroatoms. The summed E-state index contributed by atoms with van der Waals surface area (Å²) in [5.74, 6) is 1.60. The molecule has 1 aliphatic heterocycles. The molecule has 0 N–H and O–H groups in total. The molecular weight excluding hydrogens is 372 g/mol. The Balaban J connectivity index is 1.64. The quantitative estimate of drug-likeness (QED) is 0.673. The number of anilines is 2. The first kappa shape index (κ1) is 18.9.